The molecule has 116 valence electrons. The van der Waals surface area contributed by atoms with Gasteiger partial charge in [0.05, 0.1) is 20.8 Å². The number of amides is 2. The van der Waals surface area contributed by atoms with Crippen molar-refractivity contribution in [3.63, 3.8) is 0 Å². The predicted molar refractivity (Wildman–Crippen MR) is 67.2 cm³/mol. The molecule has 9 heteroatoms. The topological polar surface area (TPSA) is 76.7 Å². The fourth-order valence-electron chi connectivity index (χ4n) is 1.35. The van der Waals surface area contributed by atoms with E-state index in [9.17, 15) is 22.8 Å². The number of halogens is 3. The molecule has 0 aliphatic heterocycles. The maximum atomic E-state index is 11.9. The van der Waals surface area contributed by atoms with E-state index < -0.39 is 24.5 Å². The molecule has 0 unspecified atom stereocenters. The number of hydrogen-bond donors (Lipinski definition) is 2. The van der Waals surface area contributed by atoms with Crippen molar-refractivity contribution in [3.8, 4) is 11.5 Å². The van der Waals surface area contributed by atoms with Crippen LogP contribution in [0.5, 0.6) is 11.5 Å². The number of hydrogen-bond acceptors (Lipinski definition) is 4. The van der Waals surface area contributed by atoms with Gasteiger partial charge in [0.15, 0.2) is 0 Å². The van der Waals surface area contributed by atoms with Gasteiger partial charge in [-0.3, -0.25) is 9.59 Å². The SMILES string of the molecule is COc1cc(NC(=O)CNC(=O)C(F)(F)F)cc(OC)c1. The van der Waals surface area contributed by atoms with Crippen LogP contribution in [-0.2, 0) is 9.59 Å². The molecule has 0 atom stereocenters. The monoisotopic (exact) mass is 306 g/mol. The predicted octanol–water partition coefficient (Wildman–Crippen LogP) is 1.32. The van der Waals surface area contributed by atoms with Crippen LogP contribution in [0.1, 0.15) is 0 Å². The summed E-state index contributed by atoms with van der Waals surface area (Å²) in [6, 6.07) is 4.46. The molecule has 0 fully saturated rings. The van der Waals surface area contributed by atoms with Crippen molar-refractivity contribution in [2.45, 2.75) is 6.18 Å². The van der Waals surface area contributed by atoms with Gasteiger partial charge in [-0.1, -0.05) is 0 Å². The molecule has 0 saturated heterocycles. The van der Waals surface area contributed by atoms with E-state index in [2.05, 4.69) is 5.32 Å². The standard InChI is InChI=1S/C12H13F3N2O4/c1-20-8-3-7(4-9(5-8)21-2)17-10(18)6-16-11(19)12(13,14)15/h3-5H,6H2,1-2H3,(H,16,19)(H,17,18). The van der Waals surface area contributed by atoms with Crippen LogP contribution in [0.2, 0.25) is 0 Å². The molecular formula is C12H13F3N2O4. The molecule has 0 heterocycles. The van der Waals surface area contributed by atoms with Gasteiger partial charge in [0.1, 0.15) is 11.5 Å². The number of methoxy groups -OCH3 is 2. The second kappa shape index (κ2) is 6.82. The normalized spacial score (nSPS) is 10.7. The van der Waals surface area contributed by atoms with Gasteiger partial charge in [-0.2, -0.15) is 13.2 Å². The Morgan fingerprint density at radius 2 is 1.62 bits per heavy atom. The number of benzene rings is 1. The average molecular weight is 306 g/mol. The Morgan fingerprint density at radius 1 is 1.10 bits per heavy atom. The van der Waals surface area contributed by atoms with Gasteiger partial charge in [0.2, 0.25) is 5.91 Å². The maximum absolute atomic E-state index is 11.9. The van der Waals surface area contributed by atoms with Crippen molar-refractivity contribution in [1.82, 2.24) is 5.32 Å². The van der Waals surface area contributed by atoms with Crippen LogP contribution in [-0.4, -0.2) is 38.8 Å². The zero-order valence-corrected chi connectivity index (χ0v) is 11.2. The summed E-state index contributed by atoms with van der Waals surface area (Å²) in [7, 11) is 2.81. The van der Waals surface area contributed by atoms with E-state index in [0.717, 1.165) is 0 Å². The summed E-state index contributed by atoms with van der Waals surface area (Å²) in [4.78, 5) is 22.0. The lowest BCUT2D eigenvalue weighted by Crippen LogP contribution is -2.41. The minimum Gasteiger partial charge on any atom is -0.497 e. The Bertz CT molecular complexity index is 509. The Labute approximate surface area is 118 Å². The van der Waals surface area contributed by atoms with Crippen LogP contribution >= 0.6 is 0 Å². The molecule has 0 spiro atoms. The molecule has 0 radical (unpaired) electrons. The second-order valence-electron chi connectivity index (χ2n) is 3.83. The summed E-state index contributed by atoms with van der Waals surface area (Å²) in [6.07, 6.45) is -5.03. The fourth-order valence-corrected chi connectivity index (χ4v) is 1.35. The van der Waals surface area contributed by atoms with Crippen molar-refractivity contribution >= 4 is 17.5 Å². The van der Waals surface area contributed by atoms with E-state index in [-0.39, 0.29) is 5.69 Å². The van der Waals surface area contributed by atoms with Gasteiger partial charge in [0, 0.05) is 23.9 Å². The number of ether oxygens (including phenoxy) is 2. The summed E-state index contributed by atoms with van der Waals surface area (Å²) in [6.45, 7) is -0.808. The molecular weight excluding hydrogens is 293 g/mol. The molecule has 0 aromatic heterocycles. The fraction of sp³-hybridized carbons (Fsp3) is 0.333. The number of carbonyl (C=O) groups is 2. The molecule has 21 heavy (non-hydrogen) atoms. The first-order valence-electron chi connectivity index (χ1n) is 5.64. The summed E-state index contributed by atoms with van der Waals surface area (Å²) in [5.41, 5.74) is 0.262. The first-order chi connectivity index (χ1) is 9.76. The molecule has 1 aromatic rings. The van der Waals surface area contributed by atoms with E-state index in [1.165, 1.54) is 31.7 Å². The first kappa shape index (κ1) is 16.6. The minimum absolute atomic E-state index is 0.262. The molecule has 2 amide bonds. The summed E-state index contributed by atoms with van der Waals surface area (Å²) in [5.74, 6) is -2.21. The third-order valence-electron chi connectivity index (χ3n) is 2.30. The van der Waals surface area contributed by atoms with Gasteiger partial charge in [-0.05, 0) is 0 Å². The molecule has 6 nitrogen and oxygen atoms in total. The Hall–Kier alpha value is -2.45. The molecule has 1 rings (SSSR count). The molecule has 0 aliphatic rings. The van der Waals surface area contributed by atoms with E-state index >= 15 is 0 Å². The van der Waals surface area contributed by atoms with E-state index in [1.807, 2.05) is 0 Å². The highest BCUT2D eigenvalue weighted by Gasteiger charge is 2.38. The Balaban J connectivity index is 2.65. The Kier molecular flexibility index (Phi) is 5.39. The lowest BCUT2D eigenvalue weighted by atomic mass is 10.2. The lowest BCUT2D eigenvalue weighted by molar-refractivity contribution is -0.173. The van der Waals surface area contributed by atoms with Gasteiger partial charge < -0.3 is 20.1 Å². The molecule has 0 aliphatic carbocycles. The molecule has 0 bridgehead atoms. The lowest BCUT2D eigenvalue weighted by Gasteiger charge is -2.11. The van der Waals surface area contributed by atoms with Gasteiger partial charge >= 0.3 is 12.1 Å². The molecule has 2 N–H and O–H groups in total. The second-order valence-corrected chi connectivity index (χ2v) is 3.83. The highest BCUT2D eigenvalue weighted by molar-refractivity contribution is 5.95. The van der Waals surface area contributed by atoms with E-state index in [4.69, 9.17) is 9.47 Å². The largest absolute Gasteiger partial charge is 0.497 e. The average Bonchev–Trinajstić information content (AvgIpc) is 2.43. The zero-order valence-electron chi connectivity index (χ0n) is 11.2. The van der Waals surface area contributed by atoms with Crippen LogP contribution in [0.15, 0.2) is 18.2 Å². The quantitative estimate of drug-likeness (QED) is 0.860. The maximum Gasteiger partial charge on any atom is 0.471 e. The number of nitrogens with one attached hydrogen (secondary N) is 2. The van der Waals surface area contributed by atoms with Crippen LogP contribution in [0, 0.1) is 0 Å². The highest BCUT2D eigenvalue weighted by Crippen LogP contribution is 2.25. The molecule has 0 saturated carbocycles. The van der Waals surface area contributed by atoms with Crippen LogP contribution in [0.3, 0.4) is 0 Å². The third-order valence-corrected chi connectivity index (χ3v) is 2.30. The minimum atomic E-state index is -5.03. The van der Waals surface area contributed by atoms with Gasteiger partial charge in [0.25, 0.3) is 0 Å². The van der Waals surface area contributed by atoms with Gasteiger partial charge in [-0.25, -0.2) is 0 Å². The highest BCUT2D eigenvalue weighted by atomic mass is 19.4. The summed E-state index contributed by atoms with van der Waals surface area (Å²) in [5, 5.41) is 3.78. The number of carbonyl (C=O) groups excluding carboxylic acids is 2. The van der Waals surface area contributed by atoms with Crippen LogP contribution in [0.25, 0.3) is 0 Å². The van der Waals surface area contributed by atoms with Crippen molar-refractivity contribution < 1.29 is 32.2 Å². The number of alkyl halides is 3. The third kappa shape index (κ3) is 5.21. The van der Waals surface area contributed by atoms with Crippen molar-refractivity contribution in [3.05, 3.63) is 18.2 Å². The summed E-state index contributed by atoms with van der Waals surface area (Å²) >= 11 is 0. The first-order valence-corrected chi connectivity index (χ1v) is 5.64. The van der Waals surface area contributed by atoms with Crippen molar-refractivity contribution in [1.29, 1.82) is 0 Å². The smallest absolute Gasteiger partial charge is 0.471 e. The van der Waals surface area contributed by atoms with E-state index in [1.54, 1.807) is 6.07 Å². The van der Waals surface area contributed by atoms with Crippen LogP contribution < -0.4 is 20.1 Å². The van der Waals surface area contributed by atoms with Gasteiger partial charge in [-0.15, -0.1) is 0 Å². The number of anilines is 1. The Morgan fingerprint density at radius 3 is 2.05 bits per heavy atom. The summed E-state index contributed by atoms with van der Waals surface area (Å²) < 4.78 is 45.8. The van der Waals surface area contributed by atoms with Crippen LogP contribution in [0.4, 0.5) is 18.9 Å². The molecule has 1 aromatic carbocycles. The van der Waals surface area contributed by atoms with Crippen molar-refractivity contribution in [2.75, 3.05) is 26.1 Å². The van der Waals surface area contributed by atoms with E-state index in [0.29, 0.717) is 11.5 Å². The number of rotatable bonds is 5. The zero-order chi connectivity index (χ0) is 16.0. The van der Waals surface area contributed by atoms with Crippen molar-refractivity contribution in [2.24, 2.45) is 0 Å².